The van der Waals surface area contributed by atoms with Crippen molar-refractivity contribution in [2.75, 3.05) is 10.6 Å². The van der Waals surface area contributed by atoms with Crippen molar-refractivity contribution in [2.24, 2.45) is 5.92 Å². The molecule has 0 spiro atoms. The van der Waals surface area contributed by atoms with Gasteiger partial charge in [0.2, 0.25) is 5.91 Å². The number of benzene rings is 2. The SMILES string of the molecule is CC(C)C(=O)Nc1cccc(NC(=O)c2ccc(F)cc2)c1. The summed E-state index contributed by atoms with van der Waals surface area (Å²) < 4.78 is 12.8. The molecule has 2 N–H and O–H groups in total. The number of nitrogens with one attached hydrogen (secondary N) is 2. The van der Waals surface area contributed by atoms with E-state index in [1.165, 1.54) is 24.3 Å². The first-order valence-corrected chi connectivity index (χ1v) is 6.93. The van der Waals surface area contributed by atoms with E-state index in [9.17, 15) is 14.0 Å². The van der Waals surface area contributed by atoms with Gasteiger partial charge in [-0.1, -0.05) is 19.9 Å². The minimum atomic E-state index is -0.394. The normalized spacial score (nSPS) is 10.4. The molecule has 0 aliphatic carbocycles. The molecule has 4 nitrogen and oxygen atoms in total. The van der Waals surface area contributed by atoms with Crippen molar-refractivity contribution >= 4 is 23.2 Å². The molecule has 0 aliphatic heterocycles. The predicted molar refractivity (Wildman–Crippen MR) is 84.3 cm³/mol. The first kappa shape index (κ1) is 15.7. The van der Waals surface area contributed by atoms with Crippen LogP contribution in [0.1, 0.15) is 24.2 Å². The third-order valence-corrected chi connectivity index (χ3v) is 3.02. The van der Waals surface area contributed by atoms with Gasteiger partial charge in [-0.2, -0.15) is 0 Å². The summed E-state index contributed by atoms with van der Waals surface area (Å²) in [5, 5.41) is 5.47. The molecular formula is C17H17FN2O2. The molecule has 0 saturated heterocycles. The number of rotatable bonds is 4. The Morgan fingerprint density at radius 3 is 2.14 bits per heavy atom. The van der Waals surface area contributed by atoms with Crippen LogP contribution in [0.25, 0.3) is 0 Å². The summed E-state index contributed by atoms with van der Waals surface area (Å²) in [4.78, 5) is 23.7. The van der Waals surface area contributed by atoms with Gasteiger partial charge in [-0.3, -0.25) is 9.59 Å². The molecule has 2 amide bonds. The third-order valence-electron chi connectivity index (χ3n) is 3.02. The summed E-state index contributed by atoms with van der Waals surface area (Å²) in [6.07, 6.45) is 0. The van der Waals surface area contributed by atoms with Crippen LogP contribution in [0, 0.1) is 11.7 Å². The van der Waals surface area contributed by atoms with Gasteiger partial charge in [0.1, 0.15) is 5.82 Å². The maximum Gasteiger partial charge on any atom is 0.255 e. The fourth-order valence-electron chi connectivity index (χ4n) is 1.77. The third kappa shape index (κ3) is 4.15. The molecule has 0 heterocycles. The highest BCUT2D eigenvalue weighted by Gasteiger charge is 2.09. The number of hydrogen-bond donors (Lipinski definition) is 2. The number of carbonyl (C=O) groups excluding carboxylic acids is 2. The molecule has 0 aliphatic rings. The summed E-state index contributed by atoms with van der Waals surface area (Å²) in [6.45, 7) is 3.60. The van der Waals surface area contributed by atoms with Crippen molar-refractivity contribution in [1.29, 1.82) is 0 Å². The summed E-state index contributed by atoms with van der Waals surface area (Å²) in [5.41, 5.74) is 1.52. The second kappa shape index (κ2) is 6.85. The lowest BCUT2D eigenvalue weighted by molar-refractivity contribution is -0.118. The van der Waals surface area contributed by atoms with Gasteiger partial charge in [-0.15, -0.1) is 0 Å². The van der Waals surface area contributed by atoms with Crippen molar-refractivity contribution < 1.29 is 14.0 Å². The van der Waals surface area contributed by atoms with Crippen LogP contribution < -0.4 is 10.6 Å². The quantitative estimate of drug-likeness (QED) is 0.905. The van der Waals surface area contributed by atoms with Crippen LogP contribution in [0.5, 0.6) is 0 Å². The maximum atomic E-state index is 12.8. The first-order chi connectivity index (χ1) is 10.5. The molecule has 0 fully saturated rings. The number of carbonyl (C=O) groups is 2. The van der Waals surface area contributed by atoms with E-state index in [0.29, 0.717) is 16.9 Å². The van der Waals surface area contributed by atoms with Crippen molar-refractivity contribution in [3.05, 3.63) is 59.9 Å². The van der Waals surface area contributed by atoms with Crippen LogP contribution in [0.3, 0.4) is 0 Å². The van der Waals surface area contributed by atoms with Crippen LogP contribution >= 0.6 is 0 Å². The Kier molecular flexibility index (Phi) is 4.88. The molecule has 0 radical (unpaired) electrons. The Balaban J connectivity index is 2.08. The van der Waals surface area contributed by atoms with Crippen molar-refractivity contribution in [1.82, 2.24) is 0 Å². The number of amides is 2. The molecule has 22 heavy (non-hydrogen) atoms. The summed E-state index contributed by atoms with van der Waals surface area (Å²) in [7, 11) is 0. The number of halogens is 1. The first-order valence-electron chi connectivity index (χ1n) is 6.93. The summed E-state index contributed by atoms with van der Waals surface area (Å²) >= 11 is 0. The van der Waals surface area contributed by atoms with Crippen molar-refractivity contribution in [3.8, 4) is 0 Å². The minimum absolute atomic E-state index is 0.0954. The van der Waals surface area contributed by atoms with E-state index >= 15 is 0 Å². The van der Waals surface area contributed by atoms with Gasteiger partial charge in [-0.05, 0) is 42.5 Å². The lowest BCUT2D eigenvalue weighted by Crippen LogP contribution is -2.18. The Morgan fingerprint density at radius 1 is 0.955 bits per heavy atom. The van der Waals surface area contributed by atoms with Gasteiger partial charge < -0.3 is 10.6 Å². The second-order valence-electron chi connectivity index (χ2n) is 5.19. The highest BCUT2D eigenvalue weighted by Crippen LogP contribution is 2.17. The zero-order valence-electron chi connectivity index (χ0n) is 12.4. The lowest BCUT2D eigenvalue weighted by atomic mass is 10.2. The van der Waals surface area contributed by atoms with Crippen LogP contribution in [0.15, 0.2) is 48.5 Å². The zero-order chi connectivity index (χ0) is 16.1. The molecule has 0 unspecified atom stereocenters. The Bertz CT molecular complexity index is 681. The van der Waals surface area contributed by atoms with Gasteiger partial charge in [0.05, 0.1) is 0 Å². The average Bonchev–Trinajstić information content (AvgIpc) is 2.48. The van der Waals surface area contributed by atoms with Gasteiger partial charge in [0, 0.05) is 22.9 Å². The molecule has 0 saturated carbocycles. The van der Waals surface area contributed by atoms with Crippen molar-refractivity contribution in [2.45, 2.75) is 13.8 Å². The Morgan fingerprint density at radius 2 is 1.55 bits per heavy atom. The van der Waals surface area contributed by atoms with E-state index in [-0.39, 0.29) is 17.7 Å². The molecular weight excluding hydrogens is 283 g/mol. The number of anilines is 2. The average molecular weight is 300 g/mol. The fourth-order valence-corrected chi connectivity index (χ4v) is 1.77. The molecule has 0 bridgehead atoms. The fraction of sp³-hybridized carbons (Fsp3) is 0.176. The predicted octanol–water partition coefficient (Wildman–Crippen LogP) is 3.67. The van der Waals surface area contributed by atoms with E-state index in [2.05, 4.69) is 10.6 Å². The van der Waals surface area contributed by atoms with Gasteiger partial charge in [-0.25, -0.2) is 4.39 Å². The lowest BCUT2D eigenvalue weighted by Gasteiger charge is -2.10. The molecule has 0 atom stereocenters. The van der Waals surface area contributed by atoms with Gasteiger partial charge >= 0.3 is 0 Å². The topological polar surface area (TPSA) is 58.2 Å². The van der Waals surface area contributed by atoms with Crippen molar-refractivity contribution in [3.63, 3.8) is 0 Å². The van der Waals surface area contributed by atoms with Gasteiger partial charge in [0.25, 0.3) is 5.91 Å². The standard InChI is InChI=1S/C17H17FN2O2/c1-11(2)16(21)19-14-4-3-5-15(10-14)20-17(22)12-6-8-13(18)9-7-12/h3-11H,1-2H3,(H,19,21)(H,20,22). The molecule has 2 aromatic rings. The Hall–Kier alpha value is -2.69. The number of hydrogen-bond acceptors (Lipinski definition) is 2. The summed E-state index contributed by atoms with van der Waals surface area (Å²) in [6, 6.07) is 12.1. The van der Waals surface area contributed by atoms with E-state index in [0.717, 1.165) is 0 Å². The second-order valence-corrected chi connectivity index (χ2v) is 5.19. The molecule has 2 aromatic carbocycles. The van der Waals surface area contributed by atoms with E-state index in [1.807, 2.05) is 0 Å². The Labute approximate surface area is 128 Å². The molecule has 114 valence electrons. The van der Waals surface area contributed by atoms with E-state index in [4.69, 9.17) is 0 Å². The van der Waals surface area contributed by atoms with Crippen LogP contribution in [0.2, 0.25) is 0 Å². The van der Waals surface area contributed by atoms with Crippen LogP contribution in [0.4, 0.5) is 15.8 Å². The highest BCUT2D eigenvalue weighted by atomic mass is 19.1. The van der Waals surface area contributed by atoms with E-state index < -0.39 is 5.82 Å². The van der Waals surface area contributed by atoms with E-state index in [1.54, 1.807) is 38.1 Å². The molecule has 2 rings (SSSR count). The molecule has 0 aromatic heterocycles. The maximum absolute atomic E-state index is 12.8. The summed E-state index contributed by atoms with van der Waals surface area (Å²) in [5.74, 6) is -0.957. The zero-order valence-corrected chi connectivity index (χ0v) is 12.4. The van der Waals surface area contributed by atoms with Crippen LogP contribution in [-0.2, 0) is 4.79 Å². The van der Waals surface area contributed by atoms with Crippen LogP contribution in [-0.4, -0.2) is 11.8 Å². The minimum Gasteiger partial charge on any atom is -0.326 e. The van der Waals surface area contributed by atoms with Gasteiger partial charge in [0.15, 0.2) is 0 Å². The largest absolute Gasteiger partial charge is 0.326 e. The monoisotopic (exact) mass is 300 g/mol. The highest BCUT2D eigenvalue weighted by molar-refractivity contribution is 6.04. The smallest absolute Gasteiger partial charge is 0.255 e. The molecule has 5 heteroatoms.